The van der Waals surface area contributed by atoms with Crippen LogP contribution in [0.15, 0.2) is 29.6 Å². The second-order valence-electron chi connectivity index (χ2n) is 3.69. The highest BCUT2D eigenvalue weighted by atomic mass is 32.1. The first-order chi connectivity index (χ1) is 8.13. The minimum atomic E-state index is -0.134. The van der Waals surface area contributed by atoms with Crippen molar-refractivity contribution >= 4 is 22.4 Å². The van der Waals surface area contributed by atoms with Crippen LogP contribution in [-0.2, 0) is 11.2 Å². The van der Waals surface area contributed by atoms with Gasteiger partial charge in [-0.2, -0.15) is 0 Å². The van der Waals surface area contributed by atoms with Crippen LogP contribution in [0.2, 0.25) is 0 Å². The van der Waals surface area contributed by atoms with Crippen LogP contribution in [0.3, 0.4) is 0 Å². The van der Waals surface area contributed by atoms with Crippen LogP contribution in [0.5, 0.6) is 5.75 Å². The lowest BCUT2D eigenvalue weighted by atomic mass is 10.1. The van der Waals surface area contributed by atoms with Gasteiger partial charge in [-0.3, -0.25) is 4.79 Å². The van der Waals surface area contributed by atoms with Crippen LogP contribution in [0, 0.1) is 6.92 Å². The summed E-state index contributed by atoms with van der Waals surface area (Å²) in [7, 11) is 0. The van der Waals surface area contributed by atoms with Gasteiger partial charge in [-0.1, -0.05) is 12.1 Å². The number of aromatic hydroxyl groups is 1. The normalized spacial score (nSPS) is 10.2. The lowest BCUT2D eigenvalue weighted by Crippen LogP contribution is -2.14. The molecule has 4 nitrogen and oxygen atoms in total. The zero-order valence-electron chi connectivity index (χ0n) is 9.30. The lowest BCUT2D eigenvalue weighted by molar-refractivity contribution is -0.115. The predicted octanol–water partition coefficient (Wildman–Crippen LogP) is 2.34. The highest BCUT2D eigenvalue weighted by Crippen LogP contribution is 2.16. The van der Waals surface area contributed by atoms with Gasteiger partial charge in [0.1, 0.15) is 5.75 Å². The molecule has 0 radical (unpaired) electrons. The van der Waals surface area contributed by atoms with E-state index in [1.807, 2.05) is 12.3 Å². The van der Waals surface area contributed by atoms with Gasteiger partial charge in [-0.25, -0.2) is 4.98 Å². The number of aryl methyl sites for hydroxylation is 1. The Morgan fingerprint density at radius 3 is 3.00 bits per heavy atom. The third kappa shape index (κ3) is 3.29. The van der Waals surface area contributed by atoms with Gasteiger partial charge in [-0.05, 0) is 24.6 Å². The number of phenolic OH excluding ortho intramolecular Hbond substituents is 1. The van der Waals surface area contributed by atoms with Crippen LogP contribution in [-0.4, -0.2) is 16.0 Å². The van der Waals surface area contributed by atoms with Crippen molar-refractivity contribution in [1.29, 1.82) is 0 Å². The van der Waals surface area contributed by atoms with E-state index in [0.717, 1.165) is 11.3 Å². The fourth-order valence-electron chi connectivity index (χ4n) is 1.43. The molecule has 2 rings (SSSR count). The van der Waals surface area contributed by atoms with E-state index in [0.29, 0.717) is 5.13 Å². The van der Waals surface area contributed by atoms with Gasteiger partial charge in [0.25, 0.3) is 0 Å². The fraction of sp³-hybridized carbons (Fsp3) is 0.167. The number of aromatic nitrogens is 1. The standard InChI is InChI=1S/C12H12N2O2S/c1-8-7-17-12(13-8)14-11(16)6-9-3-2-4-10(15)5-9/h2-5,7,15H,6H2,1H3,(H,13,14,16). The topological polar surface area (TPSA) is 62.2 Å². The third-order valence-corrected chi connectivity index (χ3v) is 3.02. The van der Waals surface area contributed by atoms with Crippen LogP contribution in [0.4, 0.5) is 5.13 Å². The van der Waals surface area contributed by atoms with Crippen molar-refractivity contribution in [2.24, 2.45) is 0 Å². The Balaban J connectivity index is 1.98. The second-order valence-corrected chi connectivity index (χ2v) is 4.55. The van der Waals surface area contributed by atoms with E-state index in [9.17, 15) is 9.90 Å². The fourth-order valence-corrected chi connectivity index (χ4v) is 2.13. The molecule has 0 saturated carbocycles. The Labute approximate surface area is 103 Å². The number of thiazole rings is 1. The predicted molar refractivity (Wildman–Crippen MR) is 67.3 cm³/mol. The van der Waals surface area contributed by atoms with Crippen LogP contribution < -0.4 is 5.32 Å². The molecule has 1 heterocycles. The number of nitrogens with one attached hydrogen (secondary N) is 1. The maximum Gasteiger partial charge on any atom is 0.230 e. The molecule has 2 aromatic rings. The number of nitrogens with zero attached hydrogens (tertiary/aromatic N) is 1. The van der Waals surface area contributed by atoms with Crippen molar-refractivity contribution in [3.63, 3.8) is 0 Å². The van der Waals surface area contributed by atoms with Gasteiger partial charge in [0.15, 0.2) is 5.13 Å². The summed E-state index contributed by atoms with van der Waals surface area (Å²) in [6.07, 6.45) is 0.229. The van der Waals surface area contributed by atoms with Gasteiger partial charge in [-0.15, -0.1) is 11.3 Å². The molecule has 2 N–H and O–H groups in total. The molecule has 17 heavy (non-hydrogen) atoms. The summed E-state index contributed by atoms with van der Waals surface area (Å²) in [5.41, 5.74) is 1.67. The number of amides is 1. The quantitative estimate of drug-likeness (QED) is 0.876. The molecule has 1 amide bonds. The van der Waals surface area contributed by atoms with E-state index in [1.54, 1.807) is 24.3 Å². The molecule has 1 aromatic heterocycles. The maximum atomic E-state index is 11.7. The minimum absolute atomic E-state index is 0.134. The first kappa shape index (κ1) is 11.6. The first-order valence-corrected chi connectivity index (χ1v) is 6.01. The number of phenols is 1. The molecule has 0 aliphatic carbocycles. The van der Waals surface area contributed by atoms with E-state index in [1.165, 1.54) is 11.3 Å². The van der Waals surface area contributed by atoms with E-state index in [2.05, 4.69) is 10.3 Å². The molecule has 0 spiro atoms. The Morgan fingerprint density at radius 2 is 2.35 bits per heavy atom. The van der Waals surface area contributed by atoms with E-state index < -0.39 is 0 Å². The molecular weight excluding hydrogens is 236 g/mol. The molecule has 0 unspecified atom stereocenters. The number of hydrogen-bond donors (Lipinski definition) is 2. The Hall–Kier alpha value is -1.88. The van der Waals surface area contributed by atoms with Crippen molar-refractivity contribution in [3.05, 3.63) is 40.9 Å². The van der Waals surface area contributed by atoms with Crippen molar-refractivity contribution in [2.45, 2.75) is 13.3 Å². The van der Waals surface area contributed by atoms with Crippen LogP contribution in [0.25, 0.3) is 0 Å². The SMILES string of the molecule is Cc1csc(NC(=O)Cc2cccc(O)c2)n1. The van der Waals surface area contributed by atoms with Gasteiger partial charge in [0, 0.05) is 5.38 Å². The molecule has 5 heteroatoms. The Morgan fingerprint density at radius 1 is 1.53 bits per heavy atom. The molecule has 0 bridgehead atoms. The van der Waals surface area contributed by atoms with Gasteiger partial charge in [0.05, 0.1) is 12.1 Å². The zero-order valence-corrected chi connectivity index (χ0v) is 10.1. The van der Waals surface area contributed by atoms with Crippen molar-refractivity contribution in [2.75, 3.05) is 5.32 Å². The maximum absolute atomic E-state index is 11.7. The Kier molecular flexibility index (Phi) is 3.39. The summed E-state index contributed by atoms with van der Waals surface area (Å²) in [6.45, 7) is 1.88. The zero-order chi connectivity index (χ0) is 12.3. The second kappa shape index (κ2) is 4.97. The molecule has 0 aliphatic rings. The lowest BCUT2D eigenvalue weighted by Gasteiger charge is -2.02. The summed E-state index contributed by atoms with van der Waals surface area (Å²) in [4.78, 5) is 15.8. The summed E-state index contributed by atoms with van der Waals surface area (Å²) >= 11 is 1.40. The van der Waals surface area contributed by atoms with Crippen LogP contribution >= 0.6 is 11.3 Å². The largest absolute Gasteiger partial charge is 0.508 e. The third-order valence-electron chi connectivity index (χ3n) is 2.14. The number of carbonyl (C=O) groups is 1. The number of hydrogen-bond acceptors (Lipinski definition) is 4. The van der Waals surface area contributed by atoms with Crippen LogP contribution in [0.1, 0.15) is 11.3 Å². The molecule has 0 aliphatic heterocycles. The van der Waals surface area contributed by atoms with Crippen molar-refractivity contribution in [3.8, 4) is 5.75 Å². The van der Waals surface area contributed by atoms with E-state index in [4.69, 9.17) is 0 Å². The summed E-state index contributed by atoms with van der Waals surface area (Å²) in [6, 6.07) is 6.66. The average molecular weight is 248 g/mol. The molecular formula is C12H12N2O2S. The van der Waals surface area contributed by atoms with E-state index >= 15 is 0 Å². The van der Waals surface area contributed by atoms with E-state index in [-0.39, 0.29) is 18.1 Å². The van der Waals surface area contributed by atoms with Crippen molar-refractivity contribution in [1.82, 2.24) is 4.98 Å². The summed E-state index contributed by atoms with van der Waals surface area (Å²) < 4.78 is 0. The smallest absolute Gasteiger partial charge is 0.230 e. The van der Waals surface area contributed by atoms with Gasteiger partial charge >= 0.3 is 0 Å². The number of benzene rings is 1. The number of rotatable bonds is 3. The Bertz CT molecular complexity index is 537. The highest BCUT2D eigenvalue weighted by Gasteiger charge is 2.06. The summed E-state index contributed by atoms with van der Waals surface area (Å²) in [5, 5.41) is 14.5. The number of carbonyl (C=O) groups excluding carboxylic acids is 1. The molecule has 1 aromatic carbocycles. The average Bonchev–Trinajstić information content (AvgIpc) is 2.63. The molecule has 0 atom stereocenters. The summed E-state index contributed by atoms with van der Waals surface area (Å²) in [5.74, 6) is 0.0327. The monoisotopic (exact) mass is 248 g/mol. The van der Waals surface area contributed by atoms with Gasteiger partial charge < -0.3 is 10.4 Å². The first-order valence-electron chi connectivity index (χ1n) is 5.13. The molecule has 0 fully saturated rings. The van der Waals surface area contributed by atoms with Crippen molar-refractivity contribution < 1.29 is 9.90 Å². The minimum Gasteiger partial charge on any atom is -0.508 e. The molecule has 0 saturated heterocycles. The highest BCUT2D eigenvalue weighted by molar-refractivity contribution is 7.13. The number of anilines is 1. The molecule has 88 valence electrons. The van der Waals surface area contributed by atoms with Gasteiger partial charge in [0.2, 0.25) is 5.91 Å².